The Morgan fingerprint density at radius 3 is 3.00 bits per heavy atom. The number of carbonyl (C=O) groups excluding carboxylic acids is 1. The lowest BCUT2D eigenvalue weighted by molar-refractivity contribution is -0.0528. The highest BCUT2D eigenvalue weighted by Crippen LogP contribution is 2.45. The molecule has 1 amide bonds. The number of nitrogens with zero attached hydrogens (tertiary/aromatic N) is 1. The van der Waals surface area contributed by atoms with Crippen LogP contribution < -0.4 is 5.32 Å². The van der Waals surface area contributed by atoms with Crippen LogP contribution in [0.2, 0.25) is 0 Å². The molecule has 1 saturated heterocycles. The van der Waals surface area contributed by atoms with Crippen LogP contribution in [0.25, 0.3) is 0 Å². The quantitative estimate of drug-likeness (QED) is 0.862. The molecule has 0 spiro atoms. The number of aryl methyl sites for hydroxylation is 1. The molecule has 2 aromatic rings. The number of ether oxygens (including phenoxy) is 1. The van der Waals surface area contributed by atoms with Gasteiger partial charge in [0.2, 0.25) is 0 Å². The Hall–Kier alpha value is -1.72. The van der Waals surface area contributed by atoms with Crippen molar-refractivity contribution in [1.82, 2.24) is 10.3 Å². The number of amides is 1. The van der Waals surface area contributed by atoms with Crippen molar-refractivity contribution < 1.29 is 9.53 Å². The minimum Gasteiger partial charge on any atom is -0.377 e. The van der Waals surface area contributed by atoms with Crippen LogP contribution in [0.3, 0.4) is 0 Å². The van der Waals surface area contributed by atoms with Crippen LogP contribution in [-0.2, 0) is 17.6 Å². The van der Waals surface area contributed by atoms with E-state index in [4.69, 9.17) is 4.74 Å². The molecule has 0 bridgehead atoms. The Morgan fingerprint density at radius 2 is 2.20 bits per heavy atom. The molecule has 0 radical (unpaired) electrons. The number of carbonyl (C=O) groups is 1. The van der Waals surface area contributed by atoms with Gasteiger partial charge in [0.15, 0.2) is 0 Å². The van der Waals surface area contributed by atoms with Gasteiger partial charge in [0, 0.05) is 29.9 Å². The molecular formula is C20H24N2O2S. The summed E-state index contributed by atoms with van der Waals surface area (Å²) in [5.41, 5.74) is 1.87. The maximum atomic E-state index is 12.6. The summed E-state index contributed by atoms with van der Waals surface area (Å²) in [6, 6.07) is 10.7. The molecular weight excluding hydrogens is 332 g/mol. The second-order valence-corrected chi connectivity index (χ2v) is 7.96. The number of hydrogen-bond acceptors (Lipinski definition) is 4. The molecule has 2 aliphatic rings. The molecule has 4 rings (SSSR count). The zero-order chi connectivity index (χ0) is 17.2. The van der Waals surface area contributed by atoms with Gasteiger partial charge in [-0.2, -0.15) is 0 Å². The zero-order valence-corrected chi connectivity index (χ0v) is 15.3. The molecule has 5 heteroatoms. The first-order valence-electron chi connectivity index (χ1n) is 9.17. The fraction of sp³-hybridized carbons (Fsp3) is 0.500. The third kappa shape index (κ3) is 3.35. The SMILES string of the molecule is CCCc1nc(C(=O)N[C@@H]2[C@@H](Cc3ccccc3)[C@H]3OCC[C@@H]23)cs1. The average Bonchev–Trinajstić information content (AvgIpc) is 3.26. The summed E-state index contributed by atoms with van der Waals surface area (Å²) in [6.07, 6.45) is 4.27. The standard InChI is InChI=1S/C20H24N2O2S/c1-2-6-17-21-16(12-25-17)20(23)22-18-14-9-10-24-19(14)15(18)11-13-7-4-3-5-8-13/h3-5,7-8,12,14-15,18-19H,2,6,9-11H2,1H3,(H,22,23)/t14-,15+,18-,19-/m0/s1. The number of benzene rings is 1. The highest BCUT2D eigenvalue weighted by atomic mass is 32.1. The lowest BCUT2D eigenvalue weighted by atomic mass is 9.64. The lowest BCUT2D eigenvalue weighted by Crippen LogP contribution is -2.62. The van der Waals surface area contributed by atoms with Gasteiger partial charge in [-0.25, -0.2) is 4.98 Å². The van der Waals surface area contributed by atoms with E-state index in [9.17, 15) is 4.79 Å². The smallest absolute Gasteiger partial charge is 0.270 e. The largest absolute Gasteiger partial charge is 0.377 e. The monoisotopic (exact) mass is 356 g/mol. The molecule has 4 nitrogen and oxygen atoms in total. The van der Waals surface area contributed by atoms with Gasteiger partial charge in [-0.05, 0) is 31.2 Å². The Kier molecular flexibility index (Phi) is 4.86. The Balaban J connectivity index is 1.44. The predicted octanol–water partition coefficient (Wildman–Crippen LogP) is 3.47. The van der Waals surface area contributed by atoms with E-state index < -0.39 is 0 Å². The molecule has 1 N–H and O–H groups in total. The number of thiazole rings is 1. The van der Waals surface area contributed by atoms with Gasteiger partial charge >= 0.3 is 0 Å². The Labute approximate surface area is 152 Å². The molecule has 25 heavy (non-hydrogen) atoms. The van der Waals surface area contributed by atoms with E-state index in [-0.39, 0.29) is 18.1 Å². The third-order valence-electron chi connectivity index (χ3n) is 5.39. The molecule has 1 saturated carbocycles. The maximum Gasteiger partial charge on any atom is 0.270 e. The fourth-order valence-electron chi connectivity index (χ4n) is 4.14. The van der Waals surface area contributed by atoms with Gasteiger partial charge in [-0.3, -0.25) is 4.79 Å². The van der Waals surface area contributed by atoms with E-state index in [2.05, 4.69) is 41.5 Å². The van der Waals surface area contributed by atoms with Crippen molar-refractivity contribution in [1.29, 1.82) is 0 Å². The van der Waals surface area contributed by atoms with Crippen molar-refractivity contribution in [3.63, 3.8) is 0 Å². The van der Waals surface area contributed by atoms with Gasteiger partial charge in [0.25, 0.3) is 5.91 Å². The molecule has 1 aliphatic heterocycles. The third-order valence-corrected chi connectivity index (χ3v) is 6.30. The van der Waals surface area contributed by atoms with Crippen molar-refractivity contribution >= 4 is 17.2 Å². The molecule has 1 aromatic heterocycles. The van der Waals surface area contributed by atoms with Crippen molar-refractivity contribution in [2.75, 3.05) is 6.61 Å². The van der Waals surface area contributed by atoms with E-state index in [0.29, 0.717) is 17.5 Å². The van der Waals surface area contributed by atoms with Crippen molar-refractivity contribution in [2.45, 2.75) is 44.8 Å². The molecule has 2 fully saturated rings. The van der Waals surface area contributed by atoms with Crippen LogP contribution in [0, 0.1) is 11.8 Å². The van der Waals surface area contributed by atoms with Crippen molar-refractivity contribution in [2.24, 2.45) is 11.8 Å². The normalized spacial score (nSPS) is 27.6. The molecule has 1 aromatic carbocycles. The van der Waals surface area contributed by atoms with E-state index in [1.54, 1.807) is 11.3 Å². The van der Waals surface area contributed by atoms with Gasteiger partial charge in [0.05, 0.1) is 11.1 Å². The summed E-state index contributed by atoms with van der Waals surface area (Å²) < 4.78 is 5.93. The summed E-state index contributed by atoms with van der Waals surface area (Å²) in [5, 5.41) is 6.18. The molecule has 4 atom stereocenters. The second-order valence-electron chi connectivity index (χ2n) is 7.02. The molecule has 132 valence electrons. The maximum absolute atomic E-state index is 12.6. The van der Waals surface area contributed by atoms with Gasteiger partial charge in [0.1, 0.15) is 5.69 Å². The Morgan fingerprint density at radius 1 is 1.36 bits per heavy atom. The fourth-order valence-corrected chi connectivity index (χ4v) is 5.02. The first-order valence-corrected chi connectivity index (χ1v) is 10.0. The number of aromatic nitrogens is 1. The van der Waals surface area contributed by atoms with Crippen LogP contribution in [0.15, 0.2) is 35.7 Å². The van der Waals surface area contributed by atoms with Gasteiger partial charge in [-0.1, -0.05) is 37.3 Å². The van der Waals surface area contributed by atoms with E-state index in [1.807, 2.05) is 11.4 Å². The Bertz CT molecular complexity index is 730. The first kappa shape index (κ1) is 16.7. The lowest BCUT2D eigenvalue weighted by Gasteiger charge is -2.48. The van der Waals surface area contributed by atoms with Gasteiger partial charge in [-0.15, -0.1) is 11.3 Å². The predicted molar refractivity (Wildman–Crippen MR) is 98.8 cm³/mol. The summed E-state index contributed by atoms with van der Waals surface area (Å²) in [5.74, 6) is 0.769. The second kappa shape index (κ2) is 7.26. The molecule has 1 aliphatic carbocycles. The average molecular weight is 356 g/mol. The van der Waals surface area contributed by atoms with Crippen LogP contribution in [0.4, 0.5) is 0 Å². The number of fused-ring (bicyclic) bond motifs is 1. The highest BCUT2D eigenvalue weighted by molar-refractivity contribution is 7.09. The van der Waals surface area contributed by atoms with Crippen molar-refractivity contribution in [3.8, 4) is 0 Å². The molecule has 2 heterocycles. The van der Waals surface area contributed by atoms with Crippen LogP contribution in [-0.4, -0.2) is 29.6 Å². The van der Waals surface area contributed by atoms with Crippen LogP contribution in [0.1, 0.15) is 40.8 Å². The van der Waals surface area contributed by atoms with E-state index >= 15 is 0 Å². The number of nitrogens with one attached hydrogen (secondary N) is 1. The summed E-state index contributed by atoms with van der Waals surface area (Å²) >= 11 is 1.58. The number of hydrogen-bond donors (Lipinski definition) is 1. The van der Waals surface area contributed by atoms with E-state index in [1.165, 1.54) is 5.56 Å². The van der Waals surface area contributed by atoms with E-state index in [0.717, 1.165) is 37.3 Å². The summed E-state index contributed by atoms with van der Waals surface area (Å²) in [4.78, 5) is 17.1. The summed E-state index contributed by atoms with van der Waals surface area (Å²) in [6.45, 7) is 2.94. The minimum atomic E-state index is -0.0352. The molecule has 0 unspecified atom stereocenters. The summed E-state index contributed by atoms with van der Waals surface area (Å²) in [7, 11) is 0. The van der Waals surface area contributed by atoms with Gasteiger partial charge < -0.3 is 10.1 Å². The highest BCUT2D eigenvalue weighted by Gasteiger charge is 2.54. The van der Waals surface area contributed by atoms with Crippen molar-refractivity contribution in [3.05, 3.63) is 52.0 Å². The zero-order valence-electron chi connectivity index (χ0n) is 14.5. The minimum absolute atomic E-state index is 0.0352. The first-order chi connectivity index (χ1) is 12.3. The topological polar surface area (TPSA) is 51.2 Å². The van der Waals surface area contributed by atoms with Crippen LogP contribution >= 0.6 is 11.3 Å². The number of rotatable bonds is 6. The van der Waals surface area contributed by atoms with Crippen LogP contribution in [0.5, 0.6) is 0 Å².